The van der Waals surface area contributed by atoms with Gasteiger partial charge in [-0.2, -0.15) is 4.68 Å². The van der Waals surface area contributed by atoms with Crippen molar-refractivity contribution < 1.29 is 14.3 Å². The van der Waals surface area contributed by atoms with Gasteiger partial charge in [0, 0.05) is 5.69 Å². The van der Waals surface area contributed by atoms with Crippen molar-refractivity contribution in [1.29, 1.82) is 0 Å². The Labute approximate surface area is 160 Å². The predicted molar refractivity (Wildman–Crippen MR) is 100 cm³/mol. The fourth-order valence-electron chi connectivity index (χ4n) is 2.80. The number of ether oxygens (including phenoxy) is 1. The number of aryl methyl sites for hydroxylation is 1. The highest BCUT2D eigenvalue weighted by molar-refractivity contribution is 8.00. The molecule has 3 rings (SSSR count). The number of tetrazole rings is 1. The fourth-order valence-corrected chi connectivity index (χ4v) is 3.67. The number of nitrogens with zero attached hydrogens (tertiary/aromatic N) is 4. The van der Waals surface area contributed by atoms with Crippen LogP contribution in [-0.4, -0.2) is 49.3 Å². The van der Waals surface area contributed by atoms with E-state index < -0.39 is 11.2 Å². The Morgan fingerprint density at radius 1 is 1.22 bits per heavy atom. The van der Waals surface area contributed by atoms with Crippen LogP contribution in [0.25, 0.3) is 5.69 Å². The van der Waals surface area contributed by atoms with E-state index in [9.17, 15) is 9.59 Å². The number of benzene rings is 1. The molecule has 27 heavy (non-hydrogen) atoms. The Kier molecular flexibility index (Phi) is 5.41. The van der Waals surface area contributed by atoms with E-state index in [1.165, 1.54) is 18.9 Å². The molecule has 0 saturated heterocycles. The zero-order valence-corrected chi connectivity index (χ0v) is 16.2. The van der Waals surface area contributed by atoms with Crippen molar-refractivity contribution in [3.05, 3.63) is 52.8 Å². The van der Waals surface area contributed by atoms with E-state index in [-0.39, 0.29) is 5.78 Å². The zero-order valence-electron chi connectivity index (χ0n) is 15.4. The second-order valence-corrected chi connectivity index (χ2v) is 7.26. The van der Waals surface area contributed by atoms with Crippen molar-refractivity contribution in [2.75, 3.05) is 7.11 Å². The normalized spacial score (nSPS) is 12.0. The van der Waals surface area contributed by atoms with E-state index in [1.54, 1.807) is 25.5 Å². The van der Waals surface area contributed by atoms with Crippen molar-refractivity contribution in [2.24, 2.45) is 0 Å². The van der Waals surface area contributed by atoms with Crippen LogP contribution < -0.4 is 0 Å². The van der Waals surface area contributed by atoms with Gasteiger partial charge in [0.05, 0.1) is 29.3 Å². The summed E-state index contributed by atoms with van der Waals surface area (Å²) >= 11 is 1.25. The molecule has 140 valence electrons. The molecule has 1 atom stereocenters. The van der Waals surface area contributed by atoms with E-state index in [2.05, 4.69) is 20.5 Å². The Morgan fingerprint density at radius 3 is 2.59 bits per heavy atom. The number of aromatic nitrogens is 5. The molecule has 0 aliphatic heterocycles. The van der Waals surface area contributed by atoms with Crippen molar-refractivity contribution >= 4 is 23.5 Å². The molecule has 3 aromatic rings. The number of methoxy groups -OCH3 is 1. The Hall–Kier alpha value is -2.94. The number of hydrogen-bond donors (Lipinski definition) is 1. The number of esters is 1. The van der Waals surface area contributed by atoms with Crippen LogP contribution in [0.1, 0.15) is 39.0 Å². The standard InChI is InChI=1S/C18H19N5O3S/c1-10-14(17(25)26-4)11(2)19-15(10)16(24)12(3)27-18-20-21-22-23(18)13-8-6-5-7-9-13/h5-9,12,19H,1-4H3. The summed E-state index contributed by atoms with van der Waals surface area (Å²) in [5, 5.41) is 11.8. The van der Waals surface area contributed by atoms with Gasteiger partial charge in [0.1, 0.15) is 0 Å². The Morgan fingerprint density at radius 2 is 1.93 bits per heavy atom. The van der Waals surface area contributed by atoms with Gasteiger partial charge in [0.2, 0.25) is 5.16 Å². The summed E-state index contributed by atoms with van der Waals surface area (Å²) in [4.78, 5) is 27.9. The summed E-state index contributed by atoms with van der Waals surface area (Å²) in [6.45, 7) is 5.25. The lowest BCUT2D eigenvalue weighted by molar-refractivity contribution is 0.0599. The maximum absolute atomic E-state index is 12.9. The molecular weight excluding hydrogens is 366 g/mol. The second kappa shape index (κ2) is 7.75. The molecule has 1 aromatic carbocycles. The van der Waals surface area contributed by atoms with E-state index in [0.717, 1.165) is 5.69 Å². The number of carbonyl (C=O) groups is 2. The molecule has 0 spiro atoms. The summed E-state index contributed by atoms with van der Waals surface area (Å²) < 4.78 is 6.38. The Bertz CT molecular complexity index is 980. The maximum Gasteiger partial charge on any atom is 0.339 e. The number of ketones is 1. The largest absolute Gasteiger partial charge is 0.465 e. The van der Waals surface area contributed by atoms with Crippen molar-refractivity contribution in [3.8, 4) is 5.69 Å². The molecule has 2 heterocycles. The van der Waals surface area contributed by atoms with Gasteiger partial charge in [0.15, 0.2) is 5.78 Å². The highest BCUT2D eigenvalue weighted by atomic mass is 32.2. The van der Waals surface area contributed by atoms with Crippen molar-refractivity contribution in [3.63, 3.8) is 0 Å². The third kappa shape index (κ3) is 3.63. The molecule has 0 amide bonds. The van der Waals surface area contributed by atoms with Crippen LogP contribution in [0, 0.1) is 13.8 Å². The number of nitrogens with one attached hydrogen (secondary N) is 1. The van der Waals surface area contributed by atoms with E-state index >= 15 is 0 Å². The van der Waals surface area contributed by atoms with Gasteiger partial charge in [-0.3, -0.25) is 4.79 Å². The van der Waals surface area contributed by atoms with Crippen LogP contribution >= 0.6 is 11.8 Å². The molecule has 9 heteroatoms. The SMILES string of the molecule is COC(=O)c1c(C)[nH]c(C(=O)C(C)Sc2nnnn2-c2ccccc2)c1C. The van der Waals surface area contributed by atoms with E-state index in [0.29, 0.717) is 27.7 Å². The summed E-state index contributed by atoms with van der Waals surface area (Å²) in [5.41, 5.74) is 2.79. The summed E-state index contributed by atoms with van der Waals surface area (Å²) in [6.07, 6.45) is 0. The van der Waals surface area contributed by atoms with E-state index in [4.69, 9.17) is 4.74 Å². The molecule has 0 saturated carbocycles. The highest BCUT2D eigenvalue weighted by Gasteiger charge is 2.27. The minimum atomic E-state index is -0.464. The third-order valence-electron chi connectivity index (χ3n) is 4.17. The zero-order chi connectivity index (χ0) is 19.6. The van der Waals surface area contributed by atoms with Crippen molar-refractivity contribution in [2.45, 2.75) is 31.2 Å². The first-order valence-electron chi connectivity index (χ1n) is 8.26. The number of H-pyrrole nitrogens is 1. The van der Waals surface area contributed by atoms with E-state index in [1.807, 2.05) is 30.3 Å². The van der Waals surface area contributed by atoms with Crippen LogP contribution in [-0.2, 0) is 4.74 Å². The monoisotopic (exact) mass is 385 g/mol. The van der Waals surface area contributed by atoms with Crippen LogP contribution in [0.4, 0.5) is 0 Å². The van der Waals surface area contributed by atoms with Crippen LogP contribution in [0.5, 0.6) is 0 Å². The smallest absolute Gasteiger partial charge is 0.339 e. The molecule has 8 nitrogen and oxygen atoms in total. The highest BCUT2D eigenvalue weighted by Crippen LogP contribution is 2.27. The molecule has 1 unspecified atom stereocenters. The van der Waals surface area contributed by atoms with Gasteiger partial charge in [-0.25, -0.2) is 4.79 Å². The molecule has 2 aromatic heterocycles. The second-order valence-electron chi connectivity index (χ2n) is 5.95. The van der Waals surface area contributed by atoms with Gasteiger partial charge < -0.3 is 9.72 Å². The minimum Gasteiger partial charge on any atom is -0.465 e. The quantitative estimate of drug-likeness (QED) is 0.395. The summed E-state index contributed by atoms with van der Waals surface area (Å²) in [6, 6.07) is 9.45. The number of Topliss-reactive ketones (excluding diaryl/α,β-unsaturated/α-hetero) is 1. The first-order chi connectivity index (χ1) is 12.9. The number of hydrogen-bond acceptors (Lipinski definition) is 7. The van der Waals surface area contributed by atoms with Gasteiger partial charge >= 0.3 is 5.97 Å². The Balaban J connectivity index is 1.84. The fraction of sp³-hybridized carbons (Fsp3) is 0.278. The van der Waals surface area contributed by atoms with Crippen LogP contribution in [0.15, 0.2) is 35.5 Å². The maximum atomic E-state index is 12.9. The lowest BCUT2D eigenvalue weighted by Gasteiger charge is -2.10. The average molecular weight is 385 g/mol. The molecule has 0 aliphatic carbocycles. The number of para-hydroxylation sites is 1. The minimum absolute atomic E-state index is 0.140. The van der Waals surface area contributed by atoms with Crippen molar-refractivity contribution in [1.82, 2.24) is 25.2 Å². The first-order valence-corrected chi connectivity index (χ1v) is 9.14. The molecule has 0 radical (unpaired) electrons. The van der Waals surface area contributed by atoms with Crippen LogP contribution in [0.3, 0.4) is 0 Å². The molecule has 1 N–H and O–H groups in total. The number of carbonyl (C=O) groups excluding carboxylic acids is 2. The molecular formula is C18H19N5O3S. The van der Waals surface area contributed by atoms with Gasteiger partial charge in [0.25, 0.3) is 0 Å². The van der Waals surface area contributed by atoms with Crippen LogP contribution in [0.2, 0.25) is 0 Å². The average Bonchev–Trinajstić information content (AvgIpc) is 3.25. The summed E-state index contributed by atoms with van der Waals surface area (Å²) in [5.74, 6) is -0.605. The number of rotatable bonds is 6. The molecule has 0 fully saturated rings. The van der Waals surface area contributed by atoms with Gasteiger partial charge in [-0.15, -0.1) is 5.10 Å². The third-order valence-corrected chi connectivity index (χ3v) is 5.20. The van der Waals surface area contributed by atoms with Gasteiger partial charge in [-0.05, 0) is 48.9 Å². The first kappa shape index (κ1) is 18.8. The topological polar surface area (TPSA) is 103 Å². The predicted octanol–water partition coefficient (Wildman–Crippen LogP) is 2.76. The lowest BCUT2D eigenvalue weighted by Crippen LogP contribution is -2.16. The molecule has 0 aliphatic rings. The summed E-state index contributed by atoms with van der Waals surface area (Å²) in [7, 11) is 1.32. The number of aromatic amines is 1. The molecule has 0 bridgehead atoms. The van der Waals surface area contributed by atoms with Gasteiger partial charge in [-0.1, -0.05) is 30.0 Å². The lowest BCUT2D eigenvalue weighted by atomic mass is 10.1. The number of thioether (sulfide) groups is 1.